The molecule has 3 rings (SSSR count). The fourth-order valence-corrected chi connectivity index (χ4v) is 8.54. The maximum Gasteiger partial charge on any atom is 0.308 e. The first-order chi connectivity index (χ1) is 33.7. The van der Waals surface area contributed by atoms with Crippen molar-refractivity contribution in [3.05, 3.63) is 85.1 Å². The largest absolute Gasteiger partial charge is 0.462 e. The van der Waals surface area contributed by atoms with Gasteiger partial charge in [0, 0.05) is 42.9 Å². The van der Waals surface area contributed by atoms with Crippen molar-refractivity contribution in [3.8, 4) is 0 Å². The molecule has 2 fully saturated rings. The number of allylic oxidation sites excluding steroid dienone is 12. The monoisotopic (exact) mass is 1040 g/mol. The third-order valence-electron chi connectivity index (χ3n) is 13.3. The van der Waals surface area contributed by atoms with Gasteiger partial charge in [0.1, 0.15) is 12.2 Å². The number of carbonyl (C=O) groups is 3. The SMILES string of the molecule is C.CC1OC(O[C@H]2/C=C/C=C/C=C/C=C/C=C/C=C/C=C/[C@H](C)[C@@H](O)[C@@H](C)[C@H](C)OC(=O)C[C@H](O)C[C@H](O)CC[C@@H](O)[C@H](O)C[C@H](O)C[C@]3(O)C[C@H](O)[C@@H](C(=O)NCC(=O)C(C)(C)C)[C@H](C2)O3)C(O)C(N)C1O. The standard InChI is InChI=1S/C53H84N2O17.CH4/c1-31-20-18-16-14-12-10-8-9-11-13-15-17-19-21-38(71-51-49(66)46(54)48(65)34(4)70-51)27-42-45(50(67)55-30-43(62)52(5,6)7)41(61)29-53(68,72-42)28-37(58)25-40(60)39(59)23-22-35(56)24-36(57)26-44(63)69-33(3)32(2)47(31)64;/h8-21,31-42,45-49,51,56-61,64-66,68H,22-30,54H2,1-7H3,(H,55,67);1H4/b9-8+,12-10+,13-11+,16-14+,17-15+,20-18+,21-19+;/t31-,32-,33-,34?,35+,36+,37-,38-,39+,40+,41-,42-,45+,46?,47+,48?,49?,51?,53+;/m0./s1. The van der Waals surface area contributed by atoms with E-state index >= 15 is 0 Å². The summed E-state index contributed by atoms with van der Waals surface area (Å²) >= 11 is 0. The molecule has 2 saturated heterocycles. The number of ether oxygens (including phenoxy) is 4. The molecule has 5 unspecified atom stereocenters. The van der Waals surface area contributed by atoms with Gasteiger partial charge in [0.15, 0.2) is 17.9 Å². The molecule has 0 aromatic carbocycles. The fraction of sp³-hybridized carbons (Fsp3) is 0.685. The second kappa shape index (κ2) is 31.3. The molecule has 0 spiro atoms. The first-order valence-electron chi connectivity index (χ1n) is 25.0. The van der Waals surface area contributed by atoms with Crippen LogP contribution >= 0.6 is 0 Å². The zero-order valence-electron chi connectivity index (χ0n) is 42.7. The van der Waals surface area contributed by atoms with Gasteiger partial charge in [0.25, 0.3) is 0 Å². The summed E-state index contributed by atoms with van der Waals surface area (Å²) in [4.78, 5) is 39.4. The van der Waals surface area contributed by atoms with Crippen molar-refractivity contribution in [3.63, 3.8) is 0 Å². The third-order valence-corrected chi connectivity index (χ3v) is 13.3. The number of aliphatic hydroxyl groups is 10. The second-order valence-corrected chi connectivity index (χ2v) is 20.6. The Hall–Kier alpha value is -3.77. The highest BCUT2D eigenvalue weighted by Gasteiger charge is 2.51. The van der Waals surface area contributed by atoms with E-state index in [4.69, 9.17) is 24.7 Å². The van der Waals surface area contributed by atoms with Crippen LogP contribution in [0.25, 0.3) is 0 Å². The number of nitrogens with one attached hydrogen (secondary N) is 1. The Labute approximate surface area is 431 Å². The Morgan fingerprint density at radius 3 is 1.84 bits per heavy atom. The molecule has 3 heterocycles. The highest BCUT2D eigenvalue weighted by Crippen LogP contribution is 2.38. The number of hydrogen-bond donors (Lipinski definition) is 12. The molecular weight excluding hydrogens is 949 g/mol. The maximum absolute atomic E-state index is 13.9. The van der Waals surface area contributed by atoms with E-state index in [0.717, 1.165) is 0 Å². The van der Waals surface area contributed by atoms with Gasteiger partial charge in [-0.2, -0.15) is 0 Å². The molecule has 416 valence electrons. The van der Waals surface area contributed by atoms with Gasteiger partial charge in [0.05, 0.1) is 92.1 Å². The number of ketones is 1. The summed E-state index contributed by atoms with van der Waals surface area (Å²) in [6.45, 7) is 11.4. The number of esters is 1. The van der Waals surface area contributed by atoms with E-state index in [2.05, 4.69) is 5.32 Å². The van der Waals surface area contributed by atoms with Crippen molar-refractivity contribution >= 4 is 17.7 Å². The van der Waals surface area contributed by atoms with E-state index in [1.807, 2.05) is 31.2 Å². The lowest BCUT2D eigenvalue weighted by molar-refractivity contribution is -0.307. The van der Waals surface area contributed by atoms with Gasteiger partial charge < -0.3 is 81.1 Å². The molecule has 0 radical (unpaired) electrons. The third kappa shape index (κ3) is 22.2. The van der Waals surface area contributed by atoms with Gasteiger partial charge in [-0.3, -0.25) is 14.4 Å². The highest BCUT2D eigenvalue weighted by molar-refractivity contribution is 5.90. The van der Waals surface area contributed by atoms with Crippen LogP contribution in [0.3, 0.4) is 0 Å². The minimum atomic E-state index is -2.33. The van der Waals surface area contributed by atoms with Gasteiger partial charge in [0.2, 0.25) is 5.91 Å². The first kappa shape index (κ1) is 65.3. The van der Waals surface area contributed by atoms with Crippen LogP contribution in [0, 0.1) is 23.2 Å². The Morgan fingerprint density at radius 2 is 1.26 bits per heavy atom. The number of rotatable bonds is 5. The fourth-order valence-electron chi connectivity index (χ4n) is 8.54. The molecule has 13 N–H and O–H groups in total. The van der Waals surface area contributed by atoms with Gasteiger partial charge in [-0.15, -0.1) is 0 Å². The molecule has 73 heavy (non-hydrogen) atoms. The molecule has 0 aromatic heterocycles. The van der Waals surface area contributed by atoms with Gasteiger partial charge in [-0.25, -0.2) is 0 Å². The first-order valence-corrected chi connectivity index (χ1v) is 25.0. The molecule has 19 nitrogen and oxygen atoms in total. The van der Waals surface area contributed by atoms with Gasteiger partial charge in [-0.1, -0.05) is 127 Å². The minimum absolute atomic E-state index is 0. The predicted octanol–water partition coefficient (Wildman–Crippen LogP) is 1.99. The van der Waals surface area contributed by atoms with Crippen LogP contribution in [0.15, 0.2) is 85.1 Å². The lowest BCUT2D eigenvalue weighted by atomic mass is 9.82. The number of nitrogens with two attached hydrogens (primary N) is 1. The van der Waals surface area contributed by atoms with Crippen LogP contribution in [-0.4, -0.2) is 173 Å². The van der Waals surface area contributed by atoms with E-state index in [-0.39, 0.29) is 51.4 Å². The summed E-state index contributed by atoms with van der Waals surface area (Å²) in [6, 6.07) is -1.16. The smallest absolute Gasteiger partial charge is 0.308 e. The predicted molar refractivity (Wildman–Crippen MR) is 274 cm³/mol. The Bertz CT molecular complexity index is 1900. The number of aliphatic hydroxyl groups excluding tert-OH is 9. The van der Waals surface area contributed by atoms with E-state index < -0.39 is 152 Å². The van der Waals surface area contributed by atoms with Crippen molar-refractivity contribution in [2.45, 2.75) is 205 Å². The molecule has 3 aliphatic heterocycles. The number of Topliss-reactive ketones (excluding diaryl/α,β-unsaturated/α-hetero) is 1. The molecule has 3 aliphatic rings. The Morgan fingerprint density at radius 1 is 0.699 bits per heavy atom. The summed E-state index contributed by atoms with van der Waals surface area (Å²) in [5.74, 6) is -6.31. The van der Waals surface area contributed by atoms with Crippen molar-refractivity contribution in [1.29, 1.82) is 0 Å². The molecule has 0 aromatic rings. The number of cyclic esters (lactones) is 1. The topological polar surface area (TPSA) is 328 Å². The van der Waals surface area contributed by atoms with Crippen LogP contribution in [0.1, 0.15) is 107 Å². The Balaban J connectivity index is 0.0000183. The number of amides is 1. The molecule has 0 aliphatic carbocycles. The number of carbonyl (C=O) groups excluding carboxylic acids is 3. The Kier molecular flexibility index (Phi) is 28.0. The van der Waals surface area contributed by atoms with E-state index in [1.165, 1.54) is 0 Å². The zero-order chi connectivity index (χ0) is 53.9. The van der Waals surface area contributed by atoms with Crippen molar-refractivity contribution in [1.82, 2.24) is 5.32 Å². The summed E-state index contributed by atoms with van der Waals surface area (Å²) in [5, 5.41) is 112. The van der Waals surface area contributed by atoms with Crippen molar-refractivity contribution < 1.29 is 84.4 Å². The molecule has 19 atom stereocenters. The highest BCUT2D eigenvalue weighted by atomic mass is 16.7. The molecule has 2 bridgehead atoms. The van der Waals surface area contributed by atoms with Crippen LogP contribution in [0.4, 0.5) is 0 Å². The van der Waals surface area contributed by atoms with E-state index in [9.17, 15) is 65.4 Å². The summed E-state index contributed by atoms with van der Waals surface area (Å²) in [5.41, 5.74) is 5.29. The van der Waals surface area contributed by atoms with Crippen LogP contribution in [0.5, 0.6) is 0 Å². The molecular formula is C54H88N2O17. The number of fused-ring (bicyclic) bond motifs is 2. The summed E-state index contributed by atoms with van der Waals surface area (Å²) in [6.07, 6.45) is 3.68. The quantitative estimate of drug-likeness (QED) is 0.175. The van der Waals surface area contributed by atoms with Crippen LogP contribution in [-0.2, 0) is 33.3 Å². The van der Waals surface area contributed by atoms with Crippen molar-refractivity contribution in [2.75, 3.05) is 6.54 Å². The summed E-state index contributed by atoms with van der Waals surface area (Å²) in [7, 11) is 0. The van der Waals surface area contributed by atoms with Gasteiger partial charge in [-0.05, 0) is 33.1 Å². The van der Waals surface area contributed by atoms with E-state index in [1.54, 1.807) is 102 Å². The molecule has 1 amide bonds. The lowest BCUT2D eigenvalue weighted by Crippen LogP contribution is -2.62. The maximum atomic E-state index is 13.9. The minimum Gasteiger partial charge on any atom is -0.462 e. The molecule has 19 heteroatoms. The zero-order valence-corrected chi connectivity index (χ0v) is 42.7. The lowest BCUT2D eigenvalue weighted by Gasteiger charge is -2.46. The normalized spacial score (nSPS) is 41.8. The number of hydrogen-bond acceptors (Lipinski definition) is 18. The average Bonchev–Trinajstić information content (AvgIpc) is 3.28. The van der Waals surface area contributed by atoms with Crippen molar-refractivity contribution in [2.24, 2.45) is 28.9 Å². The van der Waals surface area contributed by atoms with Crippen LogP contribution < -0.4 is 11.1 Å². The average molecular weight is 1040 g/mol. The second-order valence-electron chi connectivity index (χ2n) is 20.6. The van der Waals surface area contributed by atoms with Gasteiger partial charge >= 0.3 is 5.97 Å². The van der Waals surface area contributed by atoms with E-state index in [0.29, 0.717) is 0 Å². The summed E-state index contributed by atoms with van der Waals surface area (Å²) < 4.78 is 23.7. The van der Waals surface area contributed by atoms with Crippen LogP contribution in [0.2, 0.25) is 0 Å². The molecule has 0 saturated carbocycles.